The van der Waals surface area contributed by atoms with E-state index in [1.165, 1.54) is 0 Å². The first-order valence-electron chi connectivity index (χ1n) is 5.04. The first-order chi connectivity index (χ1) is 7.66. The molecule has 1 amide bonds. The predicted octanol–water partition coefficient (Wildman–Crippen LogP) is 1.98. The Bertz CT molecular complexity index is 502. The molecule has 4 nitrogen and oxygen atoms in total. The number of amides is 1. The maximum Gasteiger partial charge on any atom is 0.273 e. The number of benzene rings is 1. The van der Waals surface area contributed by atoms with Crippen molar-refractivity contribution in [3.63, 3.8) is 0 Å². The summed E-state index contributed by atoms with van der Waals surface area (Å²) in [6, 6.07) is 11.1. The molecule has 0 aliphatic heterocycles. The molecule has 4 heteroatoms. The number of nitrogens with one attached hydrogen (secondary N) is 1. The van der Waals surface area contributed by atoms with Crippen molar-refractivity contribution in [1.29, 1.82) is 0 Å². The van der Waals surface area contributed by atoms with E-state index in [0.717, 1.165) is 11.4 Å². The van der Waals surface area contributed by atoms with Gasteiger partial charge in [0.1, 0.15) is 5.69 Å². The Hall–Kier alpha value is -2.10. The Kier molecular flexibility index (Phi) is 2.72. The normalized spacial score (nSPS) is 10.1. The minimum absolute atomic E-state index is 0.144. The van der Waals surface area contributed by atoms with Gasteiger partial charge in [0, 0.05) is 12.7 Å². The van der Waals surface area contributed by atoms with Crippen LogP contribution in [0.1, 0.15) is 16.2 Å². The second kappa shape index (κ2) is 4.18. The molecule has 0 fully saturated rings. The Labute approximate surface area is 93.9 Å². The second-order valence-corrected chi connectivity index (χ2v) is 3.61. The highest BCUT2D eigenvalue weighted by Crippen LogP contribution is 2.09. The predicted molar refractivity (Wildman–Crippen MR) is 62.3 cm³/mol. The molecule has 0 bridgehead atoms. The topological polar surface area (TPSA) is 46.9 Å². The molecule has 2 rings (SSSR count). The number of hydrogen-bond acceptors (Lipinski definition) is 2. The summed E-state index contributed by atoms with van der Waals surface area (Å²) >= 11 is 0. The molecule has 1 heterocycles. The van der Waals surface area contributed by atoms with Crippen LogP contribution in [0.4, 0.5) is 5.69 Å². The zero-order chi connectivity index (χ0) is 11.5. The third kappa shape index (κ3) is 2.11. The maximum absolute atomic E-state index is 11.9. The second-order valence-electron chi connectivity index (χ2n) is 3.61. The van der Waals surface area contributed by atoms with E-state index in [4.69, 9.17) is 0 Å². The van der Waals surface area contributed by atoms with Crippen molar-refractivity contribution in [2.45, 2.75) is 6.92 Å². The molecule has 0 aliphatic carbocycles. The minimum atomic E-state index is -0.144. The van der Waals surface area contributed by atoms with E-state index in [1.54, 1.807) is 17.8 Å². The molecule has 0 saturated heterocycles. The monoisotopic (exact) mass is 215 g/mol. The van der Waals surface area contributed by atoms with Crippen molar-refractivity contribution >= 4 is 11.6 Å². The number of carbonyl (C=O) groups excluding carboxylic acids is 1. The van der Waals surface area contributed by atoms with E-state index in [9.17, 15) is 4.79 Å². The van der Waals surface area contributed by atoms with Crippen LogP contribution in [0.3, 0.4) is 0 Å². The fourth-order valence-electron chi connectivity index (χ4n) is 1.54. The summed E-state index contributed by atoms with van der Waals surface area (Å²) in [5, 5.41) is 6.94. The molecular formula is C12H13N3O. The van der Waals surface area contributed by atoms with Crippen molar-refractivity contribution in [2.24, 2.45) is 7.05 Å². The van der Waals surface area contributed by atoms with Crippen LogP contribution in [0.2, 0.25) is 0 Å². The van der Waals surface area contributed by atoms with E-state index in [2.05, 4.69) is 10.4 Å². The van der Waals surface area contributed by atoms with Gasteiger partial charge in [-0.1, -0.05) is 18.2 Å². The third-order valence-corrected chi connectivity index (χ3v) is 2.27. The molecule has 1 N–H and O–H groups in total. The molecule has 0 spiro atoms. The van der Waals surface area contributed by atoms with Gasteiger partial charge >= 0.3 is 0 Å². The molecule has 0 atom stereocenters. The number of carbonyl (C=O) groups is 1. The summed E-state index contributed by atoms with van der Waals surface area (Å²) in [7, 11) is 1.76. The fraction of sp³-hybridized carbons (Fsp3) is 0.167. The summed E-state index contributed by atoms with van der Waals surface area (Å²) in [6.45, 7) is 1.86. The van der Waals surface area contributed by atoms with Crippen LogP contribution >= 0.6 is 0 Å². The lowest BCUT2D eigenvalue weighted by Gasteiger charge is -2.04. The number of hydrogen-bond donors (Lipinski definition) is 1. The van der Waals surface area contributed by atoms with Gasteiger partial charge in [-0.2, -0.15) is 5.10 Å². The first-order valence-corrected chi connectivity index (χ1v) is 5.04. The van der Waals surface area contributed by atoms with Gasteiger partial charge in [-0.3, -0.25) is 9.48 Å². The largest absolute Gasteiger partial charge is 0.321 e. The fourth-order valence-corrected chi connectivity index (χ4v) is 1.54. The smallest absolute Gasteiger partial charge is 0.273 e. The summed E-state index contributed by atoms with van der Waals surface area (Å²) < 4.78 is 1.58. The van der Waals surface area contributed by atoms with Crippen LogP contribution in [-0.4, -0.2) is 15.7 Å². The van der Waals surface area contributed by atoms with Gasteiger partial charge in [-0.25, -0.2) is 0 Å². The third-order valence-electron chi connectivity index (χ3n) is 2.27. The average Bonchev–Trinajstić information content (AvgIpc) is 2.59. The van der Waals surface area contributed by atoms with E-state index < -0.39 is 0 Å². The number of para-hydroxylation sites is 1. The highest BCUT2D eigenvalue weighted by atomic mass is 16.2. The number of aryl methyl sites for hydroxylation is 2. The van der Waals surface area contributed by atoms with Gasteiger partial charge in [0.05, 0.1) is 5.69 Å². The highest BCUT2D eigenvalue weighted by molar-refractivity contribution is 6.03. The molecule has 16 heavy (non-hydrogen) atoms. The number of anilines is 1. The molecule has 0 aliphatic rings. The summed E-state index contributed by atoms with van der Waals surface area (Å²) in [5.41, 5.74) is 2.17. The minimum Gasteiger partial charge on any atom is -0.321 e. The van der Waals surface area contributed by atoms with Gasteiger partial charge < -0.3 is 5.32 Å². The number of aromatic nitrogens is 2. The first kappa shape index (κ1) is 10.4. The Balaban J connectivity index is 2.18. The van der Waals surface area contributed by atoms with Crippen LogP contribution in [0.15, 0.2) is 36.4 Å². The molecule has 82 valence electrons. The van der Waals surface area contributed by atoms with Gasteiger partial charge in [0.15, 0.2) is 0 Å². The molecule has 0 saturated carbocycles. The van der Waals surface area contributed by atoms with Crippen LogP contribution < -0.4 is 5.32 Å². The van der Waals surface area contributed by atoms with Gasteiger partial charge in [0.25, 0.3) is 5.91 Å². The van der Waals surface area contributed by atoms with Crippen molar-refractivity contribution in [1.82, 2.24) is 9.78 Å². The molecular weight excluding hydrogens is 202 g/mol. The number of rotatable bonds is 2. The molecule has 2 aromatic rings. The lowest BCUT2D eigenvalue weighted by Crippen LogP contribution is -2.15. The van der Waals surface area contributed by atoms with E-state index in [-0.39, 0.29) is 5.91 Å². The van der Waals surface area contributed by atoms with Gasteiger partial charge in [-0.05, 0) is 25.1 Å². The Morgan fingerprint density at radius 1 is 1.31 bits per heavy atom. The SMILES string of the molecule is Cc1cc(C(=O)Nc2ccccc2)n(C)n1. The molecule has 1 aromatic carbocycles. The number of nitrogens with zero attached hydrogens (tertiary/aromatic N) is 2. The van der Waals surface area contributed by atoms with Crippen LogP contribution in [0.25, 0.3) is 0 Å². The molecule has 0 unspecified atom stereocenters. The quantitative estimate of drug-likeness (QED) is 0.832. The van der Waals surface area contributed by atoms with Crippen LogP contribution in [0.5, 0.6) is 0 Å². The summed E-state index contributed by atoms with van der Waals surface area (Å²) in [6.07, 6.45) is 0. The Morgan fingerprint density at radius 2 is 2.00 bits per heavy atom. The Morgan fingerprint density at radius 3 is 2.56 bits per heavy atom. The lowest BCUT2D eigenvalue weighted by molar-refractivity contribution is 0.101. The molecule has 0 radical (unpaired) electrons. The van der Waals surface area contributed by atoms with E-state index in [0.29, 0.717) is 5.69 Å². The lowest BCUT2D eigenvalue weighted by atomic mass is 10.3. The standard InChI is InChI=1S/C12H13N3O/c1-9-8-11(15(2)14-9)12(16)13-10-6-4-3-5-7-10/h3-8H,1-2H3,(H,13,16). The van der Waals surface area contributed by atoms with Crippen molar-refractivity contribution in [3.8, 4) is 0 Å². The summed E-state index contributed by atoms with van der Waals surface area (Å²) in [4.78, 5) is 11.9. The maximum atomic E-state index is 11.9. The van der Waals surface area contributed by atoms with Gasteiger partial charge in [0.2, 0.25) is 0 Å². The van der Waals surface area contributed by atoms with Crippen molar-refractivity contribution in [2.75, 3.05) is 5.32 Å². The van der Waals surface area contributed by atoms with E-state index in [1.807, 2.05) is 37.3 Å². The highest BCUT2D eigenvalue weighted by Gasteiger charge is 2.11. The van der Waals surface area contributed by atoms with Crippen LogP contribution in [0, 0.1) is 6.92 Å². The van der Waals surface area contributed by atoms with Crippen molar-refractivity contribution < 1.29 is 4.79 Å². The molecule has 1 aromatic heterocycles. The van der Waals surface area contributed by atoms with Gasteiger partial charge in [-0.15, -0.1) is 0 Å². The van der Waals surface area contributed by atoms with Crippen LogP contribution in [-0.2, 0) is 7.05 Å². The summed E-state index contributed by atoms with van der Waals surface area (Å²) in [5.74, 6) is -0.144. The van der Waals surface area contributed by atoms with E-state index >= 15 is 0 Å². The zero-order valence-electron chi connectivity index (χ0n) is 9.27. The van der Waals surface area contributed by atoms with Crippen molar-refractivity contribution in [3.05, 3.63) is 47.8 Å². The zero-order valence-corrected chi connectivity index (χ0v) is 9.27. The average molecular weight is 215 g/mol.